The van der Waals surface area contributed by atoms with E-state index >= 15 is 0 Å². The van der Waals surface area contributed by atoms with E-state index < -0.39 is 0 Å². The minimum Gasteiger partial charge on any atom is -0.504 e. The zero-order valence-electron chi connectivity index (χ0n) is 16.0. The number of nitrogens with one attached hydrogen (secondary N) is 2. The standard InChI is InChI=1S/C24H18Br2N2O2/c1-30-23-8-13(2-7-22(23)29)24(18-11-27-20-5-3-14(25)9-16(18)20)19-12-28-21-6-4-15(26)10-17(19)21/h2-12,24,27-29H,1H3. The number of aromatic nitrogens is 2. The minimum absolute atomic E-state index is 0.0643. The first kappa shape index (κ1) is 19.3. The SMILES string of the molecule is COc1cc(C(c2c[nH]c3ccc(Br)cc23)c2c[nH]c3ccc(Br)cc23)ccc1O. The van der Waals surface area contributed by atoms with Gasteiger partial charge in [0.15, 0.2) is 11.5 Å². The summed E-state index contributed by atoms with van der Waals surface area (Å²) in [6.07, 6.45) is 4.13. The lowest BCUT2D eigenvalue weighted by Gasteiger charge is -2.19. The van der Waals surface area contributed by atoms with Crippen molar-refractivity contribution in [1.29, 1.82) is 0 Å². The second-order valence-corrected chi connectivity index (χ2v) is 9.06. The molecule has 0 amide bonds. The van der Waals surface area contributed by atoms with Crippen LogP contribution in [0, 0.1) is 0 Å². The van der Waals surface area contributed by atoms with Crippen LogP contribution in [0.2, 0.25) is 0 Å². The summed E-state index contributed by atoms with van der Waals surface area (Å²) in [5.41, 5.74) is 5.49. The third-order valence-electron chi connectivity index (χ3n) is 5.51. The molecule has 30 heavy (non-hydrogen) atoms. The van der Waals surface area contributed by atoms with Gasteiger partial charge in [0.1, 0.15) is 0 Å². The number of phenolic OH excluding ortho intramolecular Hbond substituents is 1. The summed E-state index contributed by atoms with van der Waals surface area (Å²) in [5, 5.41) is 12.4. The Morgan fingerprint density at radius 1 is 0.800 bits per heavy atom. The molecular formula is C24H18Br2N2O2. The zero-order chi connectivity index (χ0) is 20.8. The van der Waals surface area contributed by atoms with Crippen LogP contribution in [0.25, 0.3) is 21.8 Å². The highest BCUT2D eigenvalue weighted by Crippen LogP contribution is 2.42. The summed E-state index contributed by atoms with van der Waals surface area (Å²) in [7, 11) is 1.57. The van der Waals surface area contributed by atoms with Crippen molar-refractivity contribution >= 4 is 53.7 Å². The number of halogens is 2. The predicted octanol–water partition coefficient (Wildman–Crippen LogP) is 7.07. The second kappa shape index (κ2) is 7.52. The third kappa shape index (κ3) is 3.20. The molecule has 0 aliphatic carbocycles. The Kier molecular flexibility index (Phi) is 4.83. The van der Waals surface area contributed by atoms with Crippen molar-refractivity contribution in [3.05, 3.63) is 92.6 Å². The molecule has 2 aromatic heterocycles. The fourth-order valence-electron chi connectivity index (χ4n) is 4.11. The first-order valence-electron chi connectivity index (χ1n) is 9.45. The molecule has 0 spiro atoms. The Hall–Kier alpha value is -2.70. The predicted molar refractivity (Wildman–Crippen MR) is 128 cm³/mol. The van der Waals surface area contributed by atoms with Crippen LogP contribution in [0.3, 0.4) is 0 Å². The Balaban J connectivity index is 1.81. The van der Waals surface area contributed by atoms with Gasteiger partial charge in [0.05, 0.1) is 7.11 Å². The number of fused-ring (bicyclic) bond motifs is 2. The van der Waals surface area contributed by atoms with Crippen molar-refractivity contribution in [2.75, 3.05) is 7.11 Å². The smallest absolute Gasteiger partial charge is 0.160 e. The van der Waals surface area contributed by atoms with Crippen molar-refractivity contribution in [2.24, 2.45) is 0 Å². The van der Waals surface area contributed by atoms with Gasteiger partial charge in [-0.25, -0.2) is 0 Å². The van der Waals surface area contributed by atoms with Crippen molar-refractivity contribution in [2.45, 2.75) is 5.92 Å². The Labute approximate surface area is 190 Å². The molecule has 0 fully saturated rings. The van der Waals surface area contributed by atoms with E-state index in [-0.39, 0.29) is 11.7 Å². The van der Waals surface area contributed by atoms with E-state index in [1.165, 1.54) is 0 Å². The highest BCUT2D eigenvalue weighted by molar-refractivity contribution is 9.10. The van der Waals surface area contributed by atoms with Crippen LogP contribution in [0.15, 0.2) is 75.9 Å². The molecule has 0 unspecified atom stereocenters. The maximum absolute atomic E-state index is 10.1. The third-order valence-corrected chi connectivity index (χ3v) is 6.50. The lowest BCUT2D eigenvalue weighted by molar-refractivity contribution is 0.373. The monoisotopic (exact) mass is 524 g/mol. The first-order chi connectivity index (χ1) is 14.5. The molecule has 0 aliphatic heterocycles. The van der Waals surface area contributed by atoms with E-state index in [9.17, 15) is 5.11 Å². The molecule has 5 rings (SSSR count). The molecule has 5 aromatic rings. The molecule has 2 heterocycles. The normalized spacial score (nSPS) is 11.6. The van der Waals surface area contributed by atoms with Gasteiger partial charge in [-0.3, -0.25) is 0 Å². The van der Waals surface area contributed by atoms with Crippen LogP contribution in [-0.2, 0) is 0 Å². The minimum atomic E-state index is -0.0643. The number of hydrogen-bond acceptors (Lipinski definition) is 2. The van der Waals surface area contributed by atoms with Gasteiger partial charge in [0.2, 0.25) is 0 Å². The molecule has 0 aliphatic rings. The Morgan fingerprint density at radius 2 is 1.37 bits per heavy atom. The number of aromatic hydroxyl groups is 1. The number of methoxy groups -OCH3 is 1. The summed E-state index contributed by atoms with van der Waals surface area (Å²) in [4.78, 5) is 6.81. The van der Waals surface area contributed by atoms with Crippen molar-refractivity contribution in [1.82, 2.24) is 9.97 Å². The Bertz CT molecular complexity index is 1310. The summed E-state index contributed by atoms with van der Waals surface area (Å²) < 4.78 is 7.46. The lowest BCUT2D eigenvalue weighted by atomic mass is 9.84. The number of aromatic amines is 2. The average molecular weight is 526 g/mol. The van der Waals surface area contributed by atoms with Crippen LogP contribution in [0.1, 0.15) is 22.6 Å². The van der Waals surface area contributed by atoms with Crippen LogP contribution in [0.4, 0.5) is 0 Å². The number of phenols is 1. The van der Waals surface area contributed by atoms with Crippen LogP contribution < -0.4 is 4.74 Å². The van der Waals surface area contributed by atoms with E-state index in [2.05, 4.69) is 78.5 Å². The van der Waals surface area contributed by atoms with Gasteiger partial charge in [-0.05, 0) is 65.2 Å². The Morgan fingerprint density at radius 3 is 1.90 bits per heavy atom. The van der Waals surface area contributed by atoms with E-state index in [1.807, 2.05) is 24.3 Å². The number of ether oxygens (including phenoxy) is 1. The van der Waals surface area contributed by atoms with Gasteiger partial charge in [-0.2, -0.15) is 0 Å². The molecule has 0 saturated heterocycles. The fourth-order valence-corrected chi connectivity index (χ4v) is 4.83. The molecule has 0 atom stereocenters. The average Bonchev–Trinajstić information content (AvgIpc) is 3.34. The van der Waals surface area contributed by atoms with Crippen molar-refractivity contribution in [3.8, 4) is 11.5 Å². The highest BCUT2D eigenvalue weighted by atomic mass is 79.9. The summed E-state index contributed by atoms with van der Waals surface area (Å²) in [6, 6.07) is 18.0. The number of hydrogen-bond donors (Lipinski definition) is 3. The molecule has 6 heteroatoms. The highest BCUT2D eigenvalue weighted by Gasteiger charge is 2.24. The van der Waals surface area contributed by atoms with Crippen molar-refractivity contribution < 1.29 is 9.84 Å². The largest absolute Gasteiger partial charge is 0.504 e. The molecule has 150 valence electrons. The van der Waals surface area contributed by atoms with E-state index in [4.69, 9.17) is 4.74 Å². The van der Waals surface area contributed by atoms with Crippen LogP contribution >= 0.6 is 31.9 Å². The molecule has 0 bridgehead atoms. The zero-order valence-corrected chi connectivity index (χ0v) is 19.2. The molecule has 4 nitrogen and oxygen atoms in total. The topological polar surface area (TPSA) is 61.0 Å². The summed E-state index contributed by atoms with van der Waals surface area (Å²) >= 11 is 7.22. The fraction of sp³-hybridized carbons (Fsp3) is 0.0833. The first-order valence-corrected chi connectivity index (χ1v) is 11.0. The number of H-pyrrole nitrogens is 2. The van der Waals surface area contributed by atoms with E-state index in [0.717, 1.165) is 47.4 Å². The lowest BCUT2D eigenvalue weighted by Crippen LogP contribution is -2.03. The van der Waals surface area contributed by atoms with E-state index in [1.54, 1.807) is 13.2 Å². The molecule has 0 saturated carbocycles. The maximum Gasteiger partial charge on any atom is 0.160 e. The number of benzene rings is 3. The quantitative estimate of drug-likeness (QED) is 0.235. The molecule has 3 aromatic carbocycles. The van der Waals surface area contributed by atoms with Gasteiger partial charge in [0.25, 0.3) is 0 Å². The van der Waals surface area contributed by atoms with Gasteiger partial charge >= 0.3 is 0 Å². The maximum atomic E-state index is 10.1. The summed E-state index contributed by atoms with van der Waals surface area (Å²) in [6.45, 7) is 0. The van der Waals surface area contributed by atoms with Crippen LogP contribution in [-0.4, -0.2) is 22.2 Å². The van der Waals surface area contributed by atoms with Gasteiger partial charge < -0.3 is 19.8 Å². The van der Waals surface area contributed by atoms with Gasteiger partial charge in [-0.15, -0.1) is 0 Å². The molecular weight excluding hydrogens is 508 g/mol. The van der Waals surface area contributed by atoms with Crippen LogP contribution in [0.5, 0.6) is 11.5 Å². The van der Waals surface area contributed by atoms with Gasteiger partial charge in [-0.1, -0.05) is 37.9 Å². The second-order valence-electron chi connectivity index (χ2n) is 7.23. The number of rotatable bonds is 4. The van der Waals surface area contributed by atoms with E-state index in [0.29, 0.717) is 5.75 Å². The van der Waals surface area contributed by atoms with Gasteiger partial charge in [0, 0.05) is 49.1 Å². The van der Waals surface area contributed by atoms with Crippen molar-refractivity contribution in [3.63, 3.8) is 0 Å². The molecule has 0 radical (unpaired) electrons. The molecule has 3 N–H and O–H groups in total. The summed E-state index contributed by atoms with van der Waals surface area (Å²) in [5.74, 6) is 0.522.